The molecule has 3 aromatic carbocycles. The fraction of sp³-hybridized carbons (Fsp3) is 0.412. The molecule has 0 bridgehead atoms. The minimum atomic E-state index is -0.460. The van der Waals surface area contributed by atoms with E-state index in [9.17, 15) is 9.59 Å². The lowest BCUT2D eigenvalue weighted by Gasteiger charge is -2.42. The topological polar surface area (TPSA) is 61.8 Å². The Balaban J connectivity index is 1.49. The van der Waals surface area contributed by atoms with E-state index in [1.54, 1.807) is 24.3 Å². The van der Waals surface area contributed by atoms with E-state index in [0.717, 1.165) is 24.0 Å². The third-order valence-electron chi connectivity index (χ3n) is 7.84. The Kier molecular flexibility index (Phi) is 8.91. The number of rotatable bonds is 10. The first-order chi connectivity index (χ1) is 18.6. The van der Waals surface area contributed by atoms with Crippen LogP contribution in [0, 0.1) is 0 Å². The molecule has 0 heterocycles. The van der Waals surface area contributed by atoms with E-state index in [-0.39, 0.29) is 23.4 Å². The quantitative estimate of drug-likeness (QED) is 0.155. The minimum absolute atomic E-state index is 0.0419. The summed E-state index contributed by atoms with van der Waals surface area (Å²) in [5.41, 5.74) is 5.08. The molecule has 5 heteroatoms. The summed E-state index contributed by atoms with van der Waals surface area (Å²) in [6, 6.07) is 22.5. The highest BCUT2D eigenvalue weighted by Crippen LogP contribution is 2.46. The molecule has 0 aromatic heterocycles. The van der Waals surface area contributed by atoms with E-state index < -0.39 is 11.9 Å². The molecule has 0 N–H and O–H groups in total. The van der Waals surface area contributed by atoms with Crippen molar-refractivity contribution in [2.45, 2.75) is 77.2 Å². The molecule has 206 valence electrons. The molecule has 39 heavy (non-hydrogen) atoms. The van der Waals surface area contributed by atoms with E-state index in [0.29, 0.717) is 30.9 Å². The van der Waals surface area contributed by atoms with Gasteiger partial charge in [0.1, 0.15) is 12.4 Å². The summed E-state index contributed by atoms with van der Waals surface area (Å²) >= 11 is 0. The van der Waals surface area contributed by atoms with Gasteiger partial charge < -0.3 is 14.2 Å². The van der Waals surface area contributed by atoms with Gasteiger partial charge in [-0.05, 0) is 83.5 Å². The molecule has 0 amide bonds. The molecule has 0 spiro atoms. The smallest absolute Gasteiger partial charge is 0.338 e. The summed E-state index contributed by atoms with van der Waals surface area (Å²) in [5.74, 6) is -0.827. The van der Waals surface area contributed by atoms with Crippen molar-refractivity contribution in [3.8, 4) is 5.75 Å². The average molecular weight is 529 g/mol. The van der Waals surface area contributed by atoms with Gasteiger partial charge in [0.25, 0.3) is 0 Å². The average Bonchev–Trinajstić information content (AvgIpc) is 2.93. The number of carbonyl (C=O) groups is 2. The first-order valence-electron chi connectivity index (χ1n) is 13.9. The molecule has 0 saturated carbocycles. The van der Waals surface area contributed by atoms with Crippen molar-refractivity contribution in [1.29, 1.82) is 0 Å². The maximum Gasteiger partial charge on any atom is 0.338 e. The number of ether oxygens (including phenoxy) is 3. The monoisotopic (exact) mass is 528 g/mol. The van der Waals surface area contributed by atoms with Gasteiger partial charge in [0, 0.05) is 13.2 Å². The minimum Gasteiger partial charge on any atom is -0.457 e. The zero-order valence-corrected chi connectivity index (χ0v) is 23.8. The maximum atomic E-state index is 13.5. The fourth-order valence-electron chi connectivity index (χ4n) is 5.24. The number of fused-ring (bicyclic) bond motifs is 1. The van der Waals surface area contributed by atoms with Crippen molar-refractivity contribution in [3.63, 3.8) is 0 Å². The van der Waals surface area contributed by atoms with Gasteiger partial charge in [-0.3, -0.25) is 4.79 Å². The van der Waals surface area contributed by atoms with Crippen LogP contribution in [0.25, 0.3) is 0 Å². The molecular formula is C34H40O5. The van der Waals surface area contributed by atoms with Crippen LogP contribution in [0.3, 0.4) is 0 Å². The Labute approximate surface area is 232 Å². The molecule has 5 nitrogen and oxygen atoms in total. The maximum absolute atomic E-state index is 13.5. The second kappa shape index (κ2) is 12.2. The Morgan fingerprint density at radius 1 is 0.846 bits per heavy atom. The Hall–Kier alpha value is -3.44. The van der Waals surface area contributed by atoms with Gasteiger partial charge >= 0.3 is 11.9 Å². The van der Waals surface area contributed by atoms with E-state index in [2.05, 4.69) is 45.9 Å². The van der Waals surface area contributed by atoms with Crippen molar-refractivity contribution in [1.82, 2.24) is 0 Å². The molecule has 0 radical (unpaired) electrons. The van der Waals surface area contributed by atoms with Gasteiger partial charge in [0.05, 0.1) is 11.5 Å². The lowest BCUT2D eigenvalue weighted by atomic mass is 9.62. The highest BCUT2D eigenvalue weighted by Gasteiger charge is 2.38. The molecule has 3 aromatic rings. The standard InChI is InChI=1S/C34H40O5/c1-6-37-21-18-28(26-14-17-29-30(22-26)34(4,5)20-19-33(29,2)3)32(36)39-27-15-12-25(13-16-27)31(35)38-23-24-10-8-7-9-11-24/h7-17,22,28H,6,18-21,23H2,1-5H3. The highest BCUT2D eigenvalue weighted by atomic mass is 16.5. The zero-order chi connectivity index (χ0) is 28.0. The molecule has 0 saturated heterocycles. The second-order valence-corrected chi connectivity index (χ2v) is 11.6. The van der Waals surface area contributed by atoms with Crippen LogP contribution in [-0.2, 0) is 31.7 Å². The summed E-state index contributed by atoms with van der Waals surface area (Å²) in [5, 5.41) is 0. The van der Waals surface area contributed by atoms with Gasteiger partial charge in [0.15, 0.2) is 0 Å². The molecule has 1 unspecified atom stereocenters. The van der Waals surface area contributed by atoms with Gasteiger partial charge in [-0.1, -0.05) is 76.2 Å². The van der Waals surface area contributed by atoms with Crippen molar-refractivity contribution in [3.05, 3.63) is 101 Å². The van der Waals surface area contributed by atoms with Crippen molar-refractivity contribution >= 4 is 11.9 Å². The van der Waals surface area contributed by atoms with E-state index in [1.807, 2.05) is 37.3 Å². The third kappa shape index (κ3) is 6.96. The predicted molar refractivity (Wildman–Crippen MR) is 153 cm³/mol. The van der Waals surface area contributed by atoms with Crippen molar-refractivity contribution in [2.75, 3.05) is 13.2 Å². The van der Waals surface area contributed by atoms with Crippen molar-refractivity contribution < 1.29 is 23.8 Å². The molecule has 1 aliphatic rings. The van der Waals surface area contributed by atoms with E-state index >= 15 is 0 Å². The fourth-order valence-corrected chi connectivity index (χ4v) is 5.24. The largest absolute Gasteiger partial charge is 0.457 e. The number of esters is 2. The normalized spacial score (nSPS) is 16.1. The van der Waals surface area contributed by atoms with Crippen LogP contribution in [0.4, 0.5) is 0 Å². The van der Waals surface area contributed by atoms with Gasteiger partial charge in [-0.25, -0.2) is 4.79 Å². The summed E-state index contributed by atoms with van der Waals surface area (Å²) < 4.78 is 16.8. The number of carbonyl (C=O) groups excluding carboxylic acids is 2. The van der Waals surface area contributed by atoms with E-state index in [4.69, 9.17) is 14.2 Å². The lowest BCUT2D eigenvalue weighted by molar-refractivity contribution is -0.136. The lowest BCUT2D eigenvalue weighted by Crippen LogP contribution is -2.34. The molecule has 1 aliphatic carbocycles. The highest BCUT2D eigenvalue weighted by molar-refractivity contribution is 5.89. The predicted octanol–water partition coefficient (Wildman–Crippen LogP) is 7.51. The van der Waals surface area contributed by atoms with Gasteiger partial charge in [-0.15, -0.1) is 0 Å². The number of benzene rings is 3. The Bertz CT molecular complexity index is 1270. The second-order valence-electron chi connectivity index (χ2n) is 11.6. The van der Waals surface area contributed by atoms with Crippen molar-refractivity contribution in [2.24, 2.45) is 0 Å². The summed E-state index contributed by atoms with van der Waals surface area (Å²) in [7, 11) is 0. The van der Waals surface area contributed by atoms with Crippen LogP contribution >= 0.6 is 0 Å². The van der Waals surface area contributed by atoms with Crippen LogP contribution < -0.4 is 4.74 Å². The SMILES string of the molecule is CCOCCC(C(=O)Oc1ccc(C(=O)OCc2ccccc2)cc1)c1ccc2c(c1)C(C)(C)CCC2(C)C. The molecule has 4 rings (SSSR count). The van der Waals surface area contributed by atoms with Crippen LogP contribution in [0.2, 0.25) is 0 Å². The molecular weight excluding hydrogens is 488 g/mol. The Morgan fingerprint density at radius 2 is 1.51 bits per heavy atom. The first-order valence-corrected chi connectivity index (χ1v) is 13.9. The third-order valence-corrected chi connectivity index (χ3v) is 7.84. The van der Waals surface area contributed by atoms with Crippen LogP contribution in [0.15, 0.2) is 72.8 Å². The van der Waals surface area contributed by atoms with Crippen LogP contribution in [-0.4, -0.2) is 25.2 Å². The molecule has 0 fully saturated rings. The summed E-state index contributed by atoms with van der Waals surface area (Å²) in [6.45, 7) is 12.4. The summed E-state index contributed by atoms with van der Waals surface area (Å²) in [6.07, 6.45) is 2.77. The molecule has 0 aliphatic heterocycles. The van der Waals surface area contributed by atoms with Gasteiger partial charge in [0.2, 0.25) is 0 Å². The Morgan fingerprint density at radius 3 is 2.18 bits per heavy atom. The summed E-state index contributed by atoms with van der Waals surface area (Å²) in [4.78, 5) is 25.9. The first kappa shape index (κ1) is 28.6. The van der Waals surface area contributed by atoms with Gasteiger partial charge in [-0.2, -0.15) is 0 Å². The van der Waals surface area contributed by atoms with Crippen LogP contribution in [0.5, 0.6) is 5.75 Å². The molecule has 1 atom stereocenters. The van der Waals surface area contributed by atoms with E-state index in [1.165, 1.54) is 11.1 Å². The number of hydrogen-bond donors (Lipinski definition) is 0. The zero-order valence-electron chi connectivity index (χ0n) is 23.8. The van der Waals surface area contributed by atoms with Crippen LogP contribution in [0.1, 0.15) is 92.4 Å². The number of hydrogen-bond acceptors (Lipinski definition) is 5.